The highest BCUT2D eigenvalue weighted by atomic mass is 16.2. The molecule has 1 radical (unpaired) electrons. The largest absolute Gasteiger partial charge is 0.309 e. The van der Waals surface area contributed by atoms with Gasteiger partial charge in [0.1, 0.15) is 0 Å². The molecule has 0 aliphatic carbocycles. The molecular weight excluding hydrogens is 214 g/mol. The van der Waals surface area contributed by atoms with Crippen LogP contribution in [0.5, 0.6) is 0 Å². The lowest BCUT2D eigenvalue weighted by atomic mass is 9.70. The Hall–Kier alpha value is -1.90. The minimum atomic E-state index is -0.748. The van der Waals surface area contributed by atoms with Gasteiger partial charge in [-0.2, -0.15) is 0 Å². The van der Waals surface area contributed by atoms with E-state index in [-0.39, 0.29) is 0 Å². The van der Waals surface area contributed by atoms with Crippen molar-refractivity contribution in [3.05, 3.63) is 48.6 Å². The van der Waals surface area contributed by atoms with Gasteiger partial charge >= 0.3 is 5.91 Å². The standard InChI is InChI=1S/C14H14NO2/c1-2-8-14(11-6-4-3-5-7-11)9-10-15-13(17)12(14)16/h2-7H,1,8-10H2. The highest BCUT2D eigenvalue weighted by Gasteiger charge is 2.45. The molecule has 0 spiro atoms. The van der Waals surface area contributed by atoms with Gasteiger partial charge in [-0.25, -0.2) is 5.32 Å². The van der Waals surface area contributed by atoms with Crippen LogP contribution in [0.1, 0.15) is 18.4 Å². The number of hydrogen-bond acceptors (Lipinski definition) is 2. The van der Waals surface area contributed by atoms with E-state index in [0.29, 0.717) is 19.4 Å². The van der Waals surface area contributed by atoms with Crippen molar-refractivity contribution >= 4 is 11.7 Å². The molecule has 1 atom stereocenters. The number of allylic oxidation sites excluding steroid dienone is 1. The lowest BCUT2D eigenvalue weighted by Crippen LogP contribution is -2.49. The van der Waals surface area contributed by atoms with Crippen LogP contribution in [0.25, 0.3) is 0 Å². The number of rotatable bonds is 3. The van der Waals surface area contributed by atoms with Crippen molar-refractivity contribution in [2.45, 2.75) is 18.3 Å². The van der Waals surface area contributed by atoms with Crippen molar-refractivity contribution in [3.8, 4) is 0 Å². The number of benzene rings is 1. The molecule has 2 rings (SSSR count). The Balaban J connectivity index is 2.48. The van der Waals surface area contributed by atoms with E-state index < -0.39 is 17.1 Å². The highest BCUT2D eigenvalue weighted by molar-refractivity contribution is 6.40. The second-order valence-corrected chi connectivity index (χ2v) is 4.21. The van der Waals surface area contributed by atoms with Crippen molar-refractivity contribution in [3.63, 3.8) is 0 Å². The first-order valence-corrected chi connectivity index (χ1v) is 5.63. The van der Waals surface area contributed by atoms with E-state index in [1.54, 1.807) is 6.08 Å². The first-order chi connectivity index (χ1) is 8.20. The fourth-order valence-corrected chi connectivity index (χ4v) is 2.33. The topological polar surface area (TPSA) is 48.2 Å². The summed E-state index contributed by atoms with van der Waals surface area (Å²) in [6, 6.07) is 9.43. The Morgan fingerprint density at radius 2 is 2.00 bits per heavy atom. The molecule has 1 heterocycles. The van der Waals surface area contributed by atoms with Gasteiger partial charge in [-0.3, -0.25) is 9.59 Å². The first kappa shape index (κ1) is 11.6. The molecule has 1 aromatic rings. The van der Waals surface area contributed by atoms with Crippen LogP contribution in [0.3, 0.4) is 0 Å². The summed E-state index contributed by atoms with van der Waals surface area (Å²) in [6.45, 7) is 4.10. The fourth-order valence-electron chi connectivity index (χ4n) is 2.33. The van der Waals surface area contributed by atoms with Gasteiger partial charge in [0.2, 0.25) is 5.78 Å². The maximum absolute atomic E-state index is 12.1. The van der Waals surface area contributed by atoms with Gasteiger partial charge in [0.15, 0.2) is 0 Å². The second kappa shape index (κ2) is 4.53. The lowest BCUT2D eigenvalue weighted by molar-refractivity contribution is -0.143. The number of piperidine rings is 1. The van der Waals surface area contributed by atoms with Gasteiger partial charge < -0.3 is 0 Å². The van der Waals surface area contributed by atoms with Gasteiger partial charge in [0, 0.05) is 6.54 Å². The van der Waals surface area contributed by atoms with Crippen LogP contribution >= 0.6 is 0 Å². The molecule has 3 nitrogen and oxygen atoms in total. The van der Waals surface area contributed by atoms with Crippen molar-refractivity contribution in [1.29, 1.82) is 0 Å². The Bertz CT molecular complexity index is 453. The Labute approximate surface area is 101 Å². The Kier molecular flexibility index (Phi) is 3.09. The van der Waals surface area contributed by atoms with E-state index in [9.17, 15) is 9.59 Å². The maximum atomic E-state index is 12.1. The van der Waals surface area contributed by atoms with Crippen molar-refractivity contribution < 1.29 is 9.59 Å². The molecule has 0 bridgehead atoms. The molecule has 3 heteroatoms. The minimum Gasteiger partial charge on any atom is -0.288 e. The van der Waals surface area contributed by atoms with E-state index in [1.165, 1.54) is 0 Å². The van der Waals surface area contributed by atoms with Crippen LogP contribution in [-0.2, 0) is 15.0 Å². The van der Waals surface area contributed by atoms with Crippen LogP contribution in [0.2, 0.25) is 0 Å². The summed E-state index contributed by atoms with van der Waals surface area (Å²) >= 11 is 0. The van der Waals surface area contributed by atoms with Gasteiger partial charge in [-0.05, 0) is 18.4 Å². The summed E-state index contributed by atoms with van der Waals surface area (Å²) in [5.74, 6) is -1.02. The maximum Gasteiger partial charge on any atom is 0.309 e. The quantitative estimate of drug-likeness (QED) is 0.583. The molecule has 1 aliphatic heterocycles. The monoisotopic (exact) mass is 228 g/mol. The molecule has 0 aromatic heterocycles. The van der Waals surface area contributed by atoms with Gasteiger partial charge in [0.05, 0.1) is 5.41 Å². The molecular formula is C14H14NO2. The Morgan fingerprint density at radius 1 is 1.29 bits per heavy atom. The third kappa shape index (κ3) is 1.88. The first-order valence-electron chi connectivity index (χ1n) is 5.63. The number of nitrogens with zero attached hydrogens (tertiary/aromatic N) is 1. The van der Waals surface area contributed by atoms with Gasteiger partial charge in [0.25, 0.3) is 0 Å². The Morgan fingerprint density at radius 3 is 2.65 bits per heavy atom. The van der Waals surface area contributed by atoms with Crippen molar-refractivity contribution in [2.24, 2.45) is 0 Å². The average molecular weight is 228 g/mol. The number of carbonyl (C=O) groups is 2. The molecule has 1 aliphatic rings. The second-order valence-electron chi connectivity index (χ2n) is 4.21. The predicted octanol–water partition coefficient (Wildman–Crippen LogP) is 1.60. The molecule has 0 saturated carbocycles. The molecule has 1 saturated heterocycles. The minimum absolute atomic E-state index is 0.408. The molecule has 1 fully saturated rings. The van der Waals surface area contributed by atoms with Crippen LogP contribution in [0.4, 0.5) is 0 Å². The van der Waals surface area contributed by atoms with E-state index in [1.807, 2.05) is 30.3 Å². The number of ketones is 1. The number of amides is 1. The highest BCUT2D eigenvalue weighted by Crippen LogP contribution is 2.35. The fraction of sp³-hybridized carbons (Fsp3) is 0.286. The van der Waals surface area contributed by atoms with Gasteiger partial charge in [-0.1, -0.05) is 36.4 Å². The zero-order valence-corrected chi connectivity index (χ0v) is 9.56. The number of Topliss-reactive ketones (excluding diaryl/α,β-unsaturated/α-hetero) is 1. The molecule has 87 valence electrons. The van der Waals surface area contributed by atoms with Crippen LogP contribution in [0, 0.1) is 0 Å². The van der Waals surface area contributed by atoms with Crippen molar-refractivity contribution in [1.82, 2.24) is 5.32 Å². The summed E-state index contributed by atoms with van der Waals surface area (Å²) < 4.78 is 0. The summed E-state index contributed by atoms with van der Waals surface area (Å²) in [4.78, 5) is 23.7. The summed E-state index contributed by atoms with van der Waals surface area (Å²) in [5, 5.41) is 3.69. The summed E-state index contributed by atoms with van der Waals surface area (Å²) in [5.41, 5.74) is 0.134. The van der Waals surface area contributed by atoms with E-state index in [0.717, 1.165) is 5.56 Å². The molecule has 17 heavy (non-hydrogen) atoms. The van der Waals surface area contributed by atoms with Crippen LogP contribution in [-0.4, -0.2) is 18.2 Å². The van der Waals surface area contributed by atoms with Crippen LogP contribution < -0.4 is 5.32 Å². The van der Waals surface area contributed by atoms with Crippen molar-refractivity contribution in [2.75, 3.05) is 6.54 Å². The molecule has 1 unspecified atom stereocenters. The van der Waals surface area contributed by atoms with E-state index >= 15 is 0 Å². The SMILES string of the molecule is C=CCC1(c2ccccc2)CC[N]C(=O)C1=O. The molecule has 0 N–H and O–H groups in total. The lowest BCUT2D eigenvalue weighted by Gasteiger charge is -2.33. The third-order valence-electron chi connectivity index (χ3n) is 3.24. The van der Waals surface area contributed by atoms with Gasteiger partial charge in [-0.15, -0.1) is 6.58 Å². The number of carbonyl (C=O) groups excluding carboxylic acids is 2. The summed E-state index contributed by atoms with van der Waals surface area (Å²) in [6.07, 6.45) is 2.76. The van der Waals surface area contributed by atoms with E-state index in [2.05, 4.69) is 11.9 Å². The summed E-state index contributed by atoms with van der Waals surface area (Å²) in [7, 11) is 0. The molecule has 1 aromatic carbocycles. The molecule has 1 amide bonds. The van der Waals surface area contributed by atoms with Crippen LogP contribution in [0.15, 0.2) is 43.0 Å². The predicted molar refractivity (Wildman–Crippen MR) is 64.6 cm³/mol. The number of hydrogen-bond donors (Lipinski definition) is 0. The normalized spacial score (nSPS) is 24.2. The zero-order valence-electron chi connectivity index (χ0n) is 9.56. The smallest absolute Gasteiger partial charge is 0.288 e. The van der Waals surface area contributed by atoms with E-state index in [4.69, 9.17) is 0 Å². The average Bonchev–Trinajstić information content (AvgIpc) is 2.36. The third-order valence-corrected chi connectivity index (χ3v) is 3.24. The zero-order chi connectivity index (χ0) is 12.3.